The lowest BCUT2D eigenvalue weighted by molar-refractivity contribution is 0.0742. The van der Waals surface area contributed by atoms with E-state index in [2.05, 4.69) is 4.98 Å². The third kappa shape index (κ3) is 2.48. The first kappa shape index (κ1) is 15.5. The summed E-state index contributed by atoms with van der Waals surface area (Å²) in [5.74, 6) is 0.0736. The van der Waals surface area contributed by atoms with Gasteiger partial charge in [0.05, 0.1) is 23.1 Å². The molecule has 4 heterocycles. The van der Waals surface area contributed by atoms with Gasteiger partial charge in [-0.15, -0.1) is 22.7 Å². The van der Waals surface area contributed by atoms with Crippen LogP contribution in [0.2, 0.25) is 0 Å². The molecule has 0 aliphatic carbocycles. The van der Waals surface area contributed by atoms with Gasteiger partial charge in [-0.05, 0) is 29.9 Å². The number of carbonyl (C=O) groups is 1. The second-order valence-corrected chi connectivity index (χ2v) is 7.91. The number of nitrogens with zero attached hydrogens (tertiary/aromatic N) is 3. The van der Waals surface area contributed by atoms with Crippen LogP contribution in [0.4, 0.5) is 0 Å². The van der Waals surface area contributed by atoms with E-state index >= 15 is 0 Å². The average molecular weight is 359 g/mol. The van der Waals surface area contributed by atoms with Crippen LogP contribution in [0.3, 0.4) is 0 Å². The Balaban J connectivity index is 1.71. The van der Waals surface area contributed by atoms with Crippen LogP contribution in [0.25, 0.3) is 10.2 Å². The Morgan fingerprint density at radius 2 is 2.29 bits per heavy atom. The van der Waals surface area contributed by atoms with Gasteiger partial charge in [0.15, 0.2) is 0 Å². The molecule has 3 aromatic heterocycles. The van der Waals surface area contributed by atoms with Crippen LogP contribution in [0.5, 0.6) is 0 Å². The molecule has 4 rings (SSSR count). The maximum atomic E-state index is 12.7. The van der Waals surface area contributed by atoms with E-state index in [1.807, 2.05) is 29.3 Å². The Bertz CT molecular complexity index is 956. The number of aromatic nitrogens is 2. The number of hydrogen-bond donors (Lipinski definition) is 0. The number of carbonyl (C=O) groups excluding carboxylic acids is 1. The first-order chi connectivity index (χ1) is 11.7. The molecule has 0 spiro atoms. The second-order valence-electron chi connectivity index (χ2n) is 5.88. The first-order valence-electron chi connectivity index (χ1n) is 8.01. The van der Waals surface area contributed by atoms with Gasteiger partial charge in [-0.1, -0.05) is 13.0 Å². The lowest BCUT2D eigenvalue weighted by Crippen LogP contribution is -2.35. The largest absolute Gasteiger partial charge is 0.332 e. The minimum absolute atomic E-state index is 0.0531. The number of thiophene rings is 2. The monoisotopic (exact) mass is 359 g/mol. The SMILES string of the molecule is CCCn1cnc2sc3c(c2c1=O)CCN(C(=O)c1cccs1)C3. The summed E-state index contributed by atoms with van der Waals surface area (Å²) in [7, 11) is 0. The summed E-state index contributed by atoms with van der Waals surface area (Å²) in [4.78, 5) is 34.2. The van der Waals surface area contributed by atoms with Crippen LogP contribution >= 0.6 is 22.7 Å². The molecule has 5 nitrogen and oxygen atoms in total. The smallest absolute Gasteiger partial charge is 0.264 e. The zero-order valence-corrected chi connectivity index (χ0v) is 15.0. The van der Waals surface area contributed by atoms with Crippen molar-refractivity contribution in [2.45, 2.75) is 32.9 Å². The Morgan fingerprint density at radius 3 is 3.04 bits per heavy atom. The molecule has 0 radical (unpaired) electrons. The lowest BCUT2D eigenvalue weighted by atomic mass is 10.1. The van der Waals surface area contributed by atoms with E-state index in [-0.39, 0.29) is 11.5 Å². The third-order valence-electron chi connectivity index (χ3n) is 4.31. The minimum atomic E-state index is 0.0531. The Kier molecular flexibility index (Phi) is 3.97. The van der Waals surface area contributed by atoms with E-state index in [1.165, 1.54) is 11.3 Å². The maximum absolute atomic E-state index is 12.7. The van der Waals surface area contributed by atoms with Crippen LogP contribution in [-0.4, -0.2) is 26.9 Å². The predicted molar refractivity (Wildman–Crippen MR) is 96.9 cm³/mol. The predicted octanol–water partition coefficient (Wildman–Crippen LogP) is 3.13. The summed E-state index contributed by atoms with van der Waals surface area (Å²) in [6, 6.07) is 3.76. The summed E-state index contributed by atoms with van der Waals surface area (Å²) < 4.78 is 1.69. The molecule has 3 aromatic rings. The molecule has 0 unspecified atom stereocenters. The highest BCUT2D eigenvalue weighted by Gasteiger charge is 2.27. The normalized spacial score (nSPS) is 14.1. The van der Waals surface area contributed by atoms with Crippen molar-refractivity contribution in [3.05, 3.63) is 49.5 Å². The molecule has 24 heavy (non-hydrogen) atoms. The van der Waals surface area contributed by atoms with Gasteiger partial charge >= 0.3 is 0 Å². The van der Waals surface area contributed by atoms with Gasteiger partial charge in [-0.25, -0.2) is 4.98 Å². The summed E-state index contributed by atoms with van der Waals surface area (Å²) >= 11 is 3.01. The van der Waals surface area contributed by atoms with E-state index in [0.717, 1.165) is 38.4 Å². The van der Waals surface area contributed by atoms with Crippen LogP contribution in [0.15, 0.2) is 28.6 Å². The van der Waals surface area contributed by atoms with Crippen LogP contribution in [0.1, 0.15) is 33.5 Å². The molecule has 1 aliphatic rings. The summed E-state index contributed by atoms with van der Waals surface area (Å²) in [6.45, 7) is 3.96. The van der Waals surface area contributed by atoms with Crippen molar-refractivity contribution in [1.82, 2.24) is 14.5 Å². The topological polar surface area (TPSA) is 55.2 Å². The Labute approximate surface area is 147 Å². The fraction of sp³-hybridized carbons (Fsp3) is 0.353. The molecule has 1 amide bonds. The number of amides is 1. The summed E-state index contributed by atoms with van der Waals surface area (Å²) in [5.41, 5.74) is 1.14. The molecule has 1 aliphatic heterocycles. The molecule has 7 heteroatoms. The third-order valence-corrected chi connectivity index (χ3v) is 6.29. The molecule has 0 N–H and O–H groups in total. The number of rotatable bonds is 3. The highest BCUT2D eigenvalue weighted by Crippen LogP contribution is 2.33. The quantitative estimate of drug-likeness (QED) is 0.722. The van der Waals surface area contributed by atoms with E-state index in [4.69, 9.17) is 0 Å². The van der Waals surface area contributed by atoms with Gasteiger partial charge < -0.3 is 4.90 Å². The number of hydrogen-bond acceptors (Lipinski definition) is 5. The molecule has 0 saturated heterocycles. The molecular formula is C17H17N3O2S2. The van der Waals surface area contributed by atoms with Crippen molar-refractivity contribution >= 4 is 38.8 Å². The fourth-order valence-corrected chi connectivity index (χ4v) is 5.03. The number of fused-ring (bicyclic) bond motifs is 3. The van der Waals surface area contributed by atoms with Gasteiger partial charge in [-0.2, -0.15) is 0 Å². The van der Waals surface area contributed by atoms with E-state index in [1.54, 1.807) is 22.2 Å². The van der Waals surface area contributed by atoms with Gasteiger partial charge in [0.2, 0.25) is 0 Å². The van der Waals surface area contributed by atoms with Gasteiger partial charge in [0.25, 0.3) is 11.5 Å². The van der Waals surface area contributed by atoms with Crippen molar-refractivity contribution in [2.75, 3.05) is 6.54 Å². The van der Waals surface area contributed by atoms with E-state index in [9.17, 15) is 9.59 Å². The minimum Gasteiger partial charge on any atom is -0.332 e. The highest BCUT2D eigenvalue weighted by atomic mass is 32.1. The van der Waals surface area contributed by atoms with Crippen molar-refractivity contribution in [2.24, 2.45) is 0 Å². The number of aryl methyl sites for hydroxylation is 1. The molecular weight excluding hydrogens is 342 g/mol. The van der Waals surface area contributed by atoms with Gasteiger partial charge in [0, 0.05) is 18.0 Å². The van der Waals surface area contributed by atoms with Gasteiger partial charge in [-0.3, -0.25) is 14.2 Å². The van der Waals surface area contributed by atoms with Crippen LogP contribution in [-0.2, 0) is 19.5 Å². The van der Waals surface area contributed by atoms with Crippen LogP contribution in [0, 0.1) is 0 Å². The lowest BCUT2D eigenvalue weighted by Gasteiger charge is -2.26. The Hall–Kier alpha value is -1.99. The standard InChI is InChI=1S/C17H17N3O2S2/c1-2-6-20-10-18-15-14(17(20)22)11-5-7-19(9-13(11)24-15)16(21)12-4-3-8-23-12/h3-4,8,10H,2,5-7,9H2,1H3. The molecule has 0 saturated carbocycles. The fourth-order valence-electron chi connectivity index (χ4n) is 3.15. The van der Waals surface area contributed by atoms with Crippen molar-refractivity contribution in [3.63, 3.8) is 0 Å². The molecule has 0 fully saturated rings. The highest BCUT2D eigenvalue weighted by molar-refractivity contribution is 7.18. The van der Waals surface area contributed by atoms with Gasteiger partial charge in [0.1, 0.15) is 4.83 Å². The average Bonchev–Trinajstić information content (AvgIpc) is 3.23. The van der Waals surface area contributed by atoms with Crippen molar-refractivity contribution in [1.29, 1.82) is 0 Å². The molecule has 0 aromatic carbocycles. The summed E-state index contributed by atoms with van der Waals surface area (Å²) in [5, 5.41) is 2.68. The first-order valence-corrected chi connectivity index (χ1v) is 9.71. The Morgan fingerprint density at radius 1 is 1.42 bits per heavy atom. The summed E-state index contributed by atoms with van der Waals surface area (Å²) in [6.07, 6.45) is 3.27. The van der Waals surface area contributed by atoms with Crippen LogP contribution < -0.4 is 5.56 Å². The molecule has 124 valence electrons. The van der Waals surface area contributed by atoms with E-state index in [0.29, 0.717) is 19.6 Å². The molecule has 0 atom stereocenters. The zero-order chi connectivity index (χ0) is 16.7. The van der Waals surface area contributed by atoms with E-state index < -0.39 is 0 Å². The zero-order valence-electron chi connectivity index (χ0n) is 13.3. The molecule has 0 bridgehead atoms. The van der Waals surface area contributed by atoms with Crippen molar-refractivity contribution < 1.29 is 4.79 Å². The maximum Gasteiger partial charge on any atom is 0.264 e. The van der Waals surface area contributed by atoms with Crippen molar-refractivity contribution in [3.8, 4) is 0 Å². The second kappa shape index (κ2) is 6.14.